The fourth-order valence-electron chi connectivity index (χ4n) is 1.60. The minimum absolute atomic E-state index is 0.738. The van der Waals surface area contributed by atoms with Crippen LogP contribution in [0.1, 0.15) is 17.1 Å². The first kappa shape index (κ1) is 8.10. The summed E-state index contributed by atoms with van der Waals surface area (Å²) in [5.41, 5.74) is 10.8. The first-order valence-electron chi connectivity index (χ1n) is 4.32. The van der Waals surface area contributed by atoms with Crippen molar-refractivity contribution in [3.8, 4) is 0 Å². The van der Waals surface area contributed by atoms with Gasteiger partial charge in [0, 0.05) is 11.4 Å². The second-order valence-corrected chi connectivity index (χ2v) is 3.37. The van der Waals surface area contributed by atoms with E-state index in [1.807, 2.05) is 19.1 Å². The molecule has 0 spiro atoms. The summed E-state index contributed by atoms with van der Waals surface area (Å²) in [5.74, 6) is 0. The van der Waals surface area contributed by atoms with Crippen molar-refractivity contribution in [2.75, 3.05) is 5.73 Å². The van der Waals surface area contributed by atoms with Gasteiger partial charge in [0.05, 0.1) is 11.4 Å². The Labute approximate surface area is 77.2 Å². The third kappa shape index (κ3) is 1.00. The van der Waals surface area contributed by atoms with Crippen LogP contribution in [0.15, 0.2) is 12.1 Å². The highest BCUT2D eigenvalue weighted by Gasteiger charge is 2.07. The van der Waals surface area contributed by atoms with Gasteiger partial charge in [-0.1, -0.05) is 0 Å². The minimum Gasteiger partial charge on any atom is -0.396 e. The van der Waals surface area contributed by atoms with Crippen LogP contribution in [0.3, 0.4) is 0 Å². The Morgan fingerprint density at radius 2 is 1.92 bits per heavy atom. The summed E-state index contributed by atoms with van der Waals surface area (Å²) in [6.07, 6.45) is 0. The van der Waals surface area contributed by atoms with E-state index >= 15 is 0 Å². The highest BCUT2D eigenvalue weighted by atomic mass is 15.0. The van der Waals surface area contributed by atoms with Crippen molar-refractivity contribution >= 4 is 11.3 Å². The lowest BCUT2D eigenvalue weighted by molar-refractivity contribution is 1.03. The van der Waals surface area contributed by atoms with Gasteiger partial charge in [0.2, 0.25) is 0 Å². The molecule has 2 aromatic rings. The number of aryl methyl sites for hydroxylation is 3. The highest BCUT2D eigenvalue weighted by molar-refractivity contribution is 5.66. The highest BCUT2D eigenvalue weighted by Crippen LogP contribution is 2.18. The Morgan fingerprint density at radius 3 is 2.54 bits per heavy atom. The van der Waals surface area contributed by atoms with Crippen molar-refractivity contribution in [1.82, 2.24) is 9.38 Å². The number of nitrogens with zero attached hydrogens (tertiary/aromatic N) is 2. The van der Waals surface area contributed by atoms with Crippen molar-refractivity contribution in [2.24, 2.45) is 0 Å². The number of nitrogens with two attached hydrogens (primary N) is 1. The largest absolute Gasteiger partial charge is 0.396 e. The van der Waals surface area contributed by atoms with E-state index < -0.39 is 0 Å². The number of hydrogen-bond donors (Lipinski definition) is 1. The number of fused-ring (bicyclic) bond motifs is 1. The van der Waals surface area contributed by atoms with E-state index in [1.54, 1.807) is 0 Å². The Morgan fingerprint density at radius 1 is 1.23 bits per heavy atom. The van der Waals surface area contributed by atoms with E-state index in [0.717, 1.165) is 17.0 Å². The number of hydrogen-bond acceptors (Lipinski definition) is 2. The Balaban J connectivity index is 3.00. The van der Waals surface area contributed by atoms with Gasteiger partial charge in [-0.25, -0.2) is 4.98 Å². The molecule has 2 rings (SSSR count). The predicted molar refractivity (Wildman–Crippen MR) is 53.8 cm³/mol. The summed E-state index contributed by atoms with van der Waals surface area (Å²) in [6, 6.07) is 3.91. The maximum Gasteiger partial charge on any atom is 0.160 e. The molecular weight excluding hydrogens is 162 g/mol. The molecule has 0 saturated carbocycles. The van der Waals surface area contributed by atoms with Gasteiger partial charge in [0.15, 0.2) is 5.65 Å². The molecule has 0 aromatic carbocycles. The molecule has 0 bridgehead atoms. The van der Waals surface area contributed by atoms with Gasteiger partial charge in [-0.3, -0.25) is 4.40 Å². The van der Waals surface area contributed by atoms with Crippen molar-refractivity contribution in [3.63, 3.8) is 0 Å². The molecule has 0 amide bonds. The third-order valence-corrected chi connectivity index (χ3v) is 2.46. The molecule has 3 nitrogen and oxygen atoms in total. The molecule has 0 unspecified atom stereocenters. The number of anilines is 1. The zero-order chi connectivity index (χ0) is 9.59. The molecule has 0 aliphatic carbocycles. The van der Waals surface area contributed by atoms with Gasteiger partial charge < -0.3 is 5.73 Å². The lowest BCUT2D eigenvalue weighted by Gasteiger charge is -2.03. The number of rotatable bonds is 0. The van der Waals surface area contributed by atoms with Crippen LogP contribution in [0, 0.1) is 20.8 Å². The lowest BCUT2D eigenvalue weighted by Crippen LogP contribution is -1.97. The Kier molecular flexibility index (Phi) is 1.55. The maximum absolute atomic E-state index is 5.82. The fourth-order valence-corrected chi connectivity index (χ4v) is 1.60. The van der Waals surface area contributed by atoms with Crippen LogP contribution in [-0.4, -0.2) is 9.38 Å². The van der Waals surface area contributed by atoms with Crippen LogP contribution in [-0.2, 0) is 0 Å². The van der Waals surface area contributed by atoms with Crippen LogP contribution in [0.4, 0.5) is 5.69 Å². The van der Waals surface area contributed by atoms with E-state index in [1.165, 1.54) is 11.4 Å². The SMILES string of the molecule is Cc1nc2c(N)ccc(C)n2c1C. The van der Waals surface area contributed by atoms with Crippen LogP contribution >= 0.6 is 0 Å². The molecule has 0 fully saturated rings. The predicted octanol–water partition coefficient (Wildman–Crippen LogP) is 1.84. The molecule has 13 heavy (non-hydrogen) atoms. The van der Waals surface area contributed by atoms with Crippen LogP contribution in [0.2, 0.25) is 0 Å². The summed E-state index contributed by atoms with van der Waals surface area (Å²) in [6.45, 7) is 6.11. The normalized spacial score (nSPS) is 11.0. The van der Waals surface area contributed by atoms with Crippen LogP contribution in [0.25, 0.3) is 5.65 Å². The molecule has 2 heterocycles. The molecule has 0 atom stereocenters. The van der Waals surface area contributed by atoms with E-state index in [9.17, 15) is 0 Å². The molecule has 3 heteroatoms. The monoisotopic (exact) mass is 175 g/mol. The van der Waals surface area contributed by atoms with E-state index in [4.69, 9.17) is 5.73 Å². The molecule has 0 saturated heterocycles. The molecule has 2 aromatic heterocycles. The third-order valence-electron chi connectivity index (χ3n) is 2.46. The molecule has 68 valence electrons. The van der Waals surface area contributed by atoms with Gasteiger partial charge in [0.25, 0.3) is 0 Å². The van der Waals surface area contributed by atoms with Crippen molar-refractivity contribution in [3.05, 3.63) is 29.2 Å². The van der Waals surface area contributed by atoms with E-state index in [0.29, 0.717) is 0 Å². The average molecular weight is 175 g/mol. The summed E-state index contributed by atoms with van der Waals surface area (Å²) >= 11 is 0. The first-order valence-corrected chi connectivity index (χ1v) is 4.32. The van der Waals surface area contributed by atoms with Crippen molar-refractivity contribution < 1.29 is 0 Å². The zero-order valence-electron chi connectivity index (χ0n) is 8.13. The Bertz CT molecular complexity index is 468. The summed E-state index contributed by atoms with van der Waals surface area (Å²) in [5, 5.41) is 0. The minimum atomic E-state index is 0.738. The molecule has 2 N–H and O–H groups in total. The number of imidazole rings is 1. The molecule has 0 radical (unpaired) electrons. The second kappa shape index (κ2) is 2.49. The van der Waals surface area contributed by atoms with Gasteiger partial charge in [-0.2, -0.15) is 0 Å². The smallest absolute Gasteiger partial charge is 0.160 e. The standard InChI is InChI=1S/C10H13N3/c1-6-4-5-9(11)10-12-7(2)8(3)13(6)10/h4-5H,11H2,1-3H3. The van der Waals surface area contributed by atoms with Gasteiger partial charge in [-0.05, 0) is 32.9 Å². The molecule has 0 aliphatic heterocycles. The van der Waals surface area contributed by atoms with E-state index in [2.05, 4.69) is 23.2 Å². The van der Waals surface area contributed by atoms with E-state index in [-0.39, 0.29) is 0 Å². The van der Waals surface area contributed by atoms with Crippen molar-refractivity contribution in [2.45, 2.75) is 20.8 Å². The first-order chi connectivity index (χ1) is 6.11. The lowest BCUT2D eigenvalue weighted by atomic mass is 10.3. The number of nitrogen functional groups attached to an aromatic ring is 1. The molecular formula is C10H13N3. The van der Waals surface area contributed by atoms with Gasteiger partial charge in [-0.15, -0.1) is 0 Å². The van der Waals surface area contributed by atoms with Crippen LogP contribution < -0.4 is 5.73 Å². The topological polar surface area (TPSA) is 43.3 Å². The van der Waals surface area contributed by atoms with Gasteiger partial charge in [0.1, 0.15) is 0 Å². The summed E-state index contributed by atoms with van der Waals surface area (Å²) < 4.78 is 2.09. The molecule has 0 aliphatic rings. The number of pyridine rings is 1. The van der Waals surface area contributed by atoms with Crippen LogP contribution in [0.5, 0.6) is 0 Å². The van der Waals surface area contributed by atoms with Gasteiger partial charge >= 0.3 is 0 Å². The zero-order valence-corrected chi connectivity index (χ0v) is 8.13. The summed E-state index contributed by atoms with van der Waals surface area (Å²) in [4.78, 5) is 4.41. The van der Waals surface area contributed by atoms with Crippen molar-refractivity contribution in [1.29, 1.82) is 0 Å². The maximum atomic E-state index is 5.82. The Hall–Kier alpha value is -1.51. The summed E-state index contributed by atoms with van der Waals surface area (Å²) in [7, 11) is 0. The fraction of sp³-hybridized carbons (Fsp3) is 0.300. The number of aromatic nitrogens is 2. The quantitative estimate of drug-likeness (QED) is 0.664. The second-order valence-electron chi connectivity index (χ2n) is 3.37. The average Bonchev–Trinajstić information content (AvgIpc) is 2.38.